The molecule has 0 heterocycles. The van der Waals surface area contributed by atoms with Crippen LogP contribution in [0.4, 0.5) is 0 Å². The van der Waals surface area contributed by atoms with Crippen LogP contribution in [0.15, 0.2) is 94.4 Å². The fourth-order valence-electron chi connectivity index (χ4n) is 3.67. The molecule has 0 spiro atoms. The van der Waals surface area contributed by atoms with Crippen LogP contribution in [0.1, 0.15) is 41.4 Å². The maximum atomic E-state index is 13.0. The summed E-state index contributed by atoms with van der Waals surface area (Å²) in [5, 5.41) is -0.762. The van der Waals surface area contributed by atoms with E-state index in [0.717, 1.165) is 0 Å². The third-order valence-corrected chi connectivity index (χ3v) is 6.00. The third kappa shape index (κ3) is 3.44. The van der Waals surface area contributed by atoms with E-state index in [0.29, 0.717) is 0 Å². The van der Waals surface area contributed by atoms with Crippen LogP contribution in [0, 0.1) is 0 Å². The Morgan fingerprint density at radius 3 is 1.09 bits per heavy atom. The second-order valence-corrected chi connectivity index (χ2v) is 8.10. The van der Waals surface area contributed by atoms with Crippen LogP contribution in [0.25, 0.3) is 0 Å². The van der Waals surface area contributed by atoms with Crippen molar-refractivity contribution in [1.29, 1.82) is 0 Å². The molecule has 3 aromatic rings. The molecule has 0 saturated heterocycles. The highest BCUT2D eigenvalue weighted by atomic mass is 35.5. The molecule has 2 aliphatic rings. The molecular weight excluding hydrogens is 479 g/mol. The number of fused-ring (bicyclic) bond motifs is 2. The van der Waals surface area contributed by atoms with Gasteiger partial charge in [-0.2, -0.15) is 0 Å². The molecule has 0 amide bonds. The van der Waals surface area contributed by atoms with Crippen LogP contribution in [0.3, 0.4) is 0 Å². The zero-order valence-electron chi connectivity index (χ0n) is 17.1. The van der Waals surface area contributed by atoms with Gasteiger partial charge in [0.15, 0.2) is 23.0 Å². The summed E-state index contributed by atoms with van der Waals surface area (Å²) in [6, 6.07) is 18.6. The van der Waals surface area contributed by atoms with E-state index in [1.807, 2.05) is 0 Å². The molecule has 5 rings (SSSR count). The zero-order valence-corrected chi connectivity index (χ0v) is 18.6. The van der Waals surface area contributed by atoms with Gasteiger partial charge in [-0.1, -0.05) is 83.9 Å². The lowest BCUT2D eigenvalue weighted by Gasteiger charge is -2.21. The number of carbonyl (C=O) groups is 4. The number of benzene rings is 3. The van der Waals surface area contributed by atoms with Crippen LogP contribution >= 0.6 is 23.2 Å². The Balaban J connectivity index is 1.52. The van der Waals surface area contributed by atoms with E-state index in [4.69, 9.17) is 32.7 Å². The van der Waals surface area contributed by atoms with E-state index < -0.39 is 23.1 Å². The van der Waals surface area contributed by atoms with E-state index in [1.54, 1.807) is 36.4 Å². The van der Waals surface area contributed by atoms with Gasteiger partial charge in [0.25, 0.3) is 0 Å². The molecule has 8 heteroatoms. The molecule has 2 aliphatic carbocycles. The summed E-state index contributed by atoms with van der Waals surface area (Å²) >= 11 is 12.4. The molecule has 0 unspecified atom stereocenters. The Morgan fingerprint density at radius 2 is 0.735 bits per heavy atom. The predicted molar refractivity (Wildman–Crippen MR) is 124 cm³/mol. The first-order valence-corrected chi connectivity index (χ1v) is 10.7. The summed E-state index contributed by atoms with van der Waals surface area (Å²) in [5.41, 5.74) is 0.661. The minimum atomic E-state index is -0.579. The number of Topliss-reactive ketones (excluding diaryl/α,β-unsaturated/α-hetero) is 4. The third-order valence-electron chi connectivity index (χ3n) is 5.32. The fraction of sp³-hybridized carbons (Fsp3) is 0. The molecule has 3 aromatic carbocycles. The van der Waals surface area contributed by atoms with Gasteiger partial charge >= 0.3 is 0 Å². The molecule has 34 heavy (non-hydrogen) atoms. The molecule has 166 valence electrons. The minimum absolute atomic E-state index is 0.00717. The predicted octanol–water partition coefficient (Wildman–Crippen LogP) is 5.50. The van der Waals surface area contributed by atoms with Crippen molar-refractivity contribution in [3.8, 4) is 11.5 Å². The van der Waals surface area contributed by atoms with Crippen LogP contribution < -0.4 is 9.47 Å². The van der Waals surface area contributed by atoms with Crippen molar-refractivity contribution in [3.05, 3.63) is 117 Å². The number of allylic oxidation sites excluding steroid dienone is 4. The first kappa shape index (κ1) is 21.8. The smallest absolute Gasteiger partial charge is 0.230 e. The number of hydrogen-bond acceptors (Lipinski definition) is 6. The van der Waals surface area contributed by atoms with Crippen molar-refractivity contribution in [3.63, 3.8) is 0 Å². The quantitative estimate of drug-likeness (QED) is 0.479. The van der Waals surface area contributed by atoms with E-state index in [2.05, 4.69) is 0 Å². The number of ether oxygens (including phenoxy) is 2. The summed E-state index contributed by atoms with van der Waals surface area (Å²) in [7, 11) is 0. The molecule has 0 atom stereocenters. The van der Waals surface area contributed by atoms with Crippen LogP contribution in [-0.4, -0.2) is 23.1 Å². The lowest BCUT2D eigenvalue weighted by molar-refractivity contribution is 0.0934. The van der Waals surface area contributed by atoms with Crippen molar-refractivity contribution in [2.24, 2.45) is 0 Å². The van der Waals surface area contributed by atoms with Gasteiger partial charge in [-0.3, -0.25) is 19.2 Å². The van der Waals surface area contributed by atoms with E-state index in [-0.39, 0.29) is 55.3 Å². The maximum absolute atomic E-state index is 13.0. The molecular formula is C26H12Cl2O6. The van der Waals surface area contributed by atoms with E-state index in [1.165, 1.54) is 36.4 Å². The standard InChI is InChI=1S/C26H12Cl2O6/c27-19-21(29)13-7-1-3-9-15(13)23(31)25(19)33-17-11-5-6-12-18(17)34-26-20(28)22(30)14-8-2-4-10-16(14)24(26)32/h1-12H. The lowest BCUT2D eigenvalue weighted by Crippen LogP contribution is -2.24. The summed E-state index contributed by atoms with van der Waals surface area (Å²) < 4.78 is 11.5. The average Bonchev–Trinajstić information content (AvgIpc) is 2.87. The number of halogens is 2. The molecule has 0 saturated carbocycles. The molecule has 0 fully saturated rings. The van der Waals surface area contributed by atoms with Crippen LogP contribution in [-0.2, 0) is 0 Å². The first-order chi connectivity index (χ1) is 16.4. The summed E-state index contributed by atoms with van der Waals surface area (Å²) in [5.74, 6) is -3.04. The van der Waals surface area contributed by atoms with Gasteiger partial charge in [0, 0.05) is 22.3 Å². The molecule has 6 nitrogen and oxygen atoms in total. The second kappa shape index (κ2) is 8.41. The van der Waals surface area contributed by atoms with Gasteiger partial charge in [-0.05, 0) is 12.1 Å². The summed E-state index contributed by atoms with van der Waals surface area (Å²) in [6.45, 7) is 0. The summed E-state index contributed by atoms with van der Waals surface area (Å²) in [4.78, 5) is 51.2. The summed E-state index contributed by atoms with van der Waals surface area (Å²) in [6.07, 6.45) is 0. The Hall–Kier alpha value is -4.00. The largest absolute Gasteiger partial charge is 0.448 e. The normalized spacial score (nSPS) is 15.4. The fourth-order valence-corrected chi connectivity index (χ4v) is 4.12. The number of para-hydroxylation sites is 2. The number of hydrogen-bond donors (Lipinski definition) is 0. The SMILES string of the molecule is O=C1C(Cl)=C(Oc2ccccc2OC2=C(Cl)C(=O)c3ccccc3C2=O)C(=O)c2ccccc21. The Labute approximate surface area is 203 Å². The minimum Gasteiger partial charge on any atom is -0.448 e. The first-order valence-electron chi connectivity index (χ1n) is 9.99. The van der Waals surface area contributed by atoms with Gasteiger partial charge in [0.05, 0.1) is 0 Å². The van der Waals surface area contributed by atoms with Crippen LogP contribution in [0.2, 0.25) is 0 Å². The van der Waals surface area contributed by atoms with Crippen molar-refractivity contribution >= 4 is 46.3 Å². The van der Waals surface area contributed by atoms with Gasteiger partial charge < -0.3 is 9.47 Å². The van der Waals surface area contributed by atoms with Crippen molar-refractivity contribution in [2.45, 2.75) is 0 Å². The monoisotopic (exact) mass is 490 g/mol. The molecule has 0 aromatic heterocycles. The zero-order chi connectivity index (χ0) is 24.0. The van der Waals surface area contributed by atoms with E-state index in [9.17, 15) is 19.2 Å². The van der Waals surface area contributed by atoms with Crippen molar-refractivity contribution < 1.29 is 28.7 Å². The van der Waals surface area contributed by atoms with Crippen molar-refractivity contribution in [1.82, 2.24) is 0 Å². The van der Waals surface area contributed by atoms with Crippen LogP contribution in [0.5, 0.6) is 11.5 Å². The highest BCUT2D eigenvalue weighted by Crippen LogP contribution is 2.37. The Morgan fingerprint density at radius 1 is 0.441 bits per heavy atom. The molecule has 0 radical (unpaired) electrons. The highest BCUT2D eigenvalue weighted by Gasteiger charge is 2.35. The van der Waals surface area contributed by atoms with Gasteiger partial charge in [-0.15, -0.1) is 0 Å². The van der Waals surface area contributed by atoms with Gasteiger partial charge in [0.1, 0.15) is 10.1 Å². The second-order valence-electron chi connectivity index (χ2n) is 7.34. The number of ketones is 4. The number of rotatable bonds is 4. The average molecular weight is 491 g/mol. The highest BCUT2D eigenvalue weighted by molar-refractivity contribution is 6.50. The number of carbonyl (C=O) groups excluding carboxylic acids is 4. The lowest BCUT2D eigenvalue weighted by atomic mass is 9.93. The van der Waals surface area contributed by atoms with Crippen molar-refractivity contribution in [2.75, 3.05) is 0 Å². The van der Waals surface area contributed by atoms with Gasteiger partial charge in [-0.25, -0.2) is 0 Å². The van der Waals surface area contributed by atoms with Gasteiger partial charge in [0.2, 0.25) is 23.1 Å². The maximum Gasteiger partial charge on any atom is 0.230 e. The Bertz CT molecular complexity index is 1390. The topological polar surface area (TPSA) is 86.7 Å². The molecule has 0 aliphatic heterocycles. The van der Waals surface area contributed by atoms with E-state index >= 15 is 0 Å². The Kier molecular flexibility index (Phi) is 5.40. The molecule has 0 bridgehead atoms. The molecule has 0 N–H and O–H groups in total.